The Labute approximate surface area is 129 Å². The normalized spacial score (nSPS) is 10.0. The van der Waals surface area contributed by atoms with Crippen LogP contribution in [0.15, 0.2) is 53.0 Å². The van der Waals surface area contributed by atoms with Crippen LogP contribution in [0.3, 0.4) is 0 Å². The number of esters is 1. The Morgan fingerprint density at radius 1 is 0.905 bits per heavy atom. The van der Waals surface area contributed by atoms with Crippen LogP contribution in [0.1, 0.15) is 31.1 Å². The van der Waals surface area contributed by atoms with Crippen LogP contribution in [0.25, 0.3) is 0 Å². The maximum atomic E-state index is 12.4. The van der Waals surface area contributed by atoms with Crippen molar-refractivity contribution in [3.8, 4) is 0 Å². The van der Waals surface area contributed by atoms with Crippen LogP contribution >= 0.6 is 15.9 Å². The second-order valence-electron chi connectivity index (χ2n) is 4.21. The molecule has 0 atom stereocenters. The first-order valence-corrected chi connectivity index (χ1v) is 6.86. The highest BCUT2D eigenvalue weighted by Gasteiger charge is 2.24. The molecule has 0 aliphatic heterocycles. The number of hydrogen-bond acceptors (Lipinski definition) is 4. The average Bonchev–Trinajstić information content (AvgIpc) is 2.53. The van der Waals surface area contributed by atoms with Crippen molar-refractivity contribution in [2.75, 3.05) is 7.11 Å². The highest BCUT2D eigenvalue weighted by molar-refractivity contribution is 9.10. The molecule has 2 aromatic carbocycles. The summed E-state index contributed by atoms with van der Waals surface area (Å²) in [7, 11) is 1.22. The van der Waals surface area contributed by atoms with Crippen molar-refractivity contribution >= 4 is 33.5 Å². The summed E-state index contributed by atoms with van der Waals surface area (Å²) in [6.45, 7) is 0. The van der Waals surface area contributed by atoms with E-state index in [1.54, 1.807) is 36.4 Å². The largest absolute Gasteiger partial charge is 0.465 e. The number of carbonyl (C=O) groups is 3. The maximum Gasteiger partial charge on any atom is 0.338 e. The van der Waals surface area contributed by atoms with Gasteiger partial charge in [0.15, 0.2) is 0 Å². The molecule has 0 saturated heterocycles. The van der Waals surface area contributed by atoms with Crippen LogP contribution < -0.4 is 0 Å². The quantitative estimate of drug-likeness (QED) is 0.484. The van der Waals surface area contributed by atoms with Gasteiger partial charge in [0, 0.05) is 15.6 Å². The minimum Gasteiger partial charge on any atom is -0.465 e. The summed E-state index contributed by atoms with van der Waals surface area (Å²) >= 11 is 3.23. The molecule has 0 bridgehead atoms. The molecule has 0 aliphatic rings. The minimum atomic E-state index is -0.747. The number of rotatable bonds is 4. The maximum absolute atomic E-state index is 12.4. The summed E-state index contributed by atoms with van der Waals surface area (Å²) in [5.74, 6) is -2.08. The third-order valence-electron chi connectivity index (χ3n) is 2.87. The number of ether oxygens (including phenoxy) is 1. The summed E-state index contributed by atoms with van der Waals surface area (Å²) in [6, 6.07) is 12.7. The van der Waals surface area contributed by atoms with Crippen molar-refractivity contribution in [1.29, 1.82) is 0 Å². The van der Waals surface area contributed by atoms with E-state index >= 15 is 0 Å². The molecule has 4 nitrogen and oxygen atoms in total. The van der Waals surface area contributed by atoms with Crippen LogP contribution in [-0.4, -0.2) is 24.6 Å². The Balaban J connectivity index is 2.46. The average molecular weight is 347 g/mol. The van der Waals surface area contributed by atoms with Crippen molar-refractivity contribution in [1.82, 2.24) is 0 Å². The fraction of sp³-hybridized carbons (Fsp3) is 0.0625. The fourth-order valence-corrected chi connectivity index (χ4v) is 2.20. The number of halogens is 1. The van der Waals surface area contributed by atoms with E-state index in [4.69, 9.17) is 0 Å². The standard InChI is InChI=1S/C16H11BrO4/c1-21-16(20)12-8-7-11(17)9-13(12)15(19)14(18)10-5-3-2-4-6-10/h2-9H,1H3. The smallest absolute Gasteiger partial charge is 0.338 e. The zero-order valence-corrected chi connectivity index (χ0v) is 12.7. The summed E-state index contributed by atoms with van der Waals surface area (Å²) in [5.41, 5.74) is 0.360. The highest BCUT2D eigenvalue weighted by atomic mass is 79.9. The first-order chi connectivity index (χ1) is 10.0. The Hall–Kier alpha value is -2.27. The molecule has 0 heterocycles. The van der Waals surface area contributed by atoms with E-state index in [-0.39, 0.29) is 16.7 Å². The summed E-state index contributed by atoms with van der Waals surface area (Å²) in [6.07, 6.45) is 0. The molecular formula is C16H11BrO4. The highest BCUT2D eigenvalue weighted by Crippen LogP contribution is 2.19. The molecule has 2 aromatic rings. The zero-order valence-electron chi connectivity index (χ0n) is 11.1. The lowest BCUT2D eigenvalue weighted by Gasteiger charge is -2.07. The predicted molar refractivity (Wildman–Crippen MR) is 80.6 cm³/mol. The molecule has 0 amide bonds. The van der Waals surface area contributed by atoms with E-state index in [2.05, 4.69) is 20.7 Å². The second-order valence-corrected chi connectivity index (χ2v) is 5.12. The molecule has 0 saturated carbocycles. The number of Topliss-reactive ketones (excluding diaryl/α,β-unsaturated/α-hetero) is 2. The Morgan fingerprint density at radius 2 is 1.57 bits per heavy atom. The van der Waals surface area contributed by atoms with Gasteiger partial charge in [0.2, 0.25) is 11.6 Å². The molecule has 0 N–H and O–H groups in total. The van der Waals surface area contributed by atoms with Crippen molar-refractivity contribution < 1.29 is 19.1 Å². The molecule has 0 spiro atoms. The topological polar surface area (TPSA) is 60.4 Å². The number of methoxy groups -OCH3 is 1. The van der Waals surface area contributed by atoms with Crippen LogP contribution in [0.5, 0.6) is 0 Å². The molecule has 106 valence electrons. The Bertz CT molecular complexity index is 707. The lowest BCUT2D eigenvalue weighted by molar-refractivity contribution is 0.0597. The van der Waals surface area contributed by atoms with E-state index in [0.717, 1.165) is 0 Å². The summed E-state index contributed by atoms with van der Waals surface area (Å²) in [5, 5.41) is 0. The third kappa shape index (κ3) is 3.25. The minimum absolute atomic E-state index is 0.0186. The van der Waals surface area contributed by atoms with Gasteiger partial charge in [0.25, 0.3) is 0 Å². The molecule has 2 rings (SSSR count). The first kappa shape index (κ1) is 15.1. The van der Waals surface area contributed by atoms with Gasteiger partial charge in [0.05, 0.1) is 12.7 Å². The monoisotopic (exact) mass is 346 g/mol. The van der Waals surface area contributed by atoms with Crippen molar-refractivity contribution in [2.24, 2.45) is 0 Å². The van der Waals surface area contributed by atoms with E-state index in [0.29, 0.717) is 4.47 Å². The molecule has 21 heavy (non-hydrogen) atoms. The zero-order chi connectivity index (χ0) is 15.4. The molecular weight excluding hydrogens is 336 g/mol. The lowest BCUT2D eigenvalue weighted by atomic mass is 9.97. The molecule has 0 unspecified atom stereocenters. The van der Waals surface area contributed by atoms with Crippen LogP contribution in [0, 0.1) is 0 Å². The van der Waals surface area contributed by atoms with Crippen molar-refractivity contribution in [3.63, 3.8) is 0 Å². The van der Waals surface area contributed by atoms with Gasteiger partial charge in [-0.1, -0.05) is 46.3 Å². The fourth-order valence-electron chi connectivity index (χ4n) is 1.84. The first-order valence-electron chi connectivity index (χ1n) is 6.06. The molecule has 0 aliphatic carbocycles. The van der Waals surface area contributed by atoms with Gasteiger partial charge in [-0.05, 0) is 18.2 Å². The Morgan fingerprint density at radius 3 is 2.19 bits per heavy atom. The van der Waals surface area contributed by atoms with Crippen LogP contribution in [-0.2, 0) is 4.74 Å². The van der Waals surface area contributed by atoms with Gasteiger partial charge in [-0.2, -0.15) is 0 Å². The summed E-state index contributed by atoms with van der Waals surface area (Å²) in [4.78, 5) is 36.3. The van der Waals surface area contributed by atoms with Gasteiger partial charge in [-0.15, -0.1) is 0 Å². The predicted octanol–water partition coefficient (Wildman–Crippen LogP) is 3.30. The van der Waals surface area contributed by atoms with Crippen molar-refractivity contribution in [2.45, 2.75) is 0 Å². The molecule has 0 fully saturated rings. The number of ketones is 2. The van der Waals surface area contributed by atoms with Gasteiger partial charge in [-0.25, -0.2) is 4.79 Å². The lowest BCUT2D eigenvalue weighted by Crippen LogP contribution is -2.18. The third-order valence-corrected chi connectivity index (χ3v) is 3.37. The van der Waals surface area contributed by atoms with Gasteiger partial charge < -0.3 is 4.74 Å². The van der Waals surface area contributed by atoms with Gasteiger partial charge in [-0.3, -0.25) is 9.59 Å². The molecule has 5 heteroatoms. The molecule has 0 aromatic heterocycles. The van der Waals surface area contributed by atoms with Crippen LogP contribution in [0.4, 0.5) is 0 Å². The van der Waals surface area contributed by atoms with E-state index in [9.17, 15) is 14.4 Å². The molecule has 0 radical (unpaired) electrons. The van der Waals surface area contributed by atoms with Crippen molar-refractivity contribution in [3.05, 3.63) is 69.7 Å². The number of hydrogen-bond donors (Lipinski definition) is 0. The summed E-state index contributed by atoms with van der Waals surface area (Å²) < 4.78 is 5.23. The van der Waals surface area contributed by atoms with E-state index in [1.807, 2.05) is 0 Å². The van der Waals surface area contributed by atoms with Crippen LogP contribution in [0.2, 0.25) is 0 Å². The SMILES string of the molecule is COC(=O)c1ccc(Br)cc1C(=O)C(=O)c1ccccc1. The number of carbonyl (C=O) groups excluding carboxylic acids is 3. The number of benzene rings is 2. The Kier molecular flexibility index (Phi) is 4.65. The van der Waals surface area contributed by atoms with E-state index < -0.39 is 17.5 Å². The van der Waals surface area contributed by atoms with Gasteiger partial charge in [0.1, 0.15) is 0 Å². The second kappa shape index (κ2) is 6.45. The van der Waals surface area contributed by atoms with E-state index in [1.165, 1.54) is 19.2 Å². The van der Waals surface area contributed by atoms with Gasteiger partial charge >= 0.3 is 5.97 Å².